The van der Waals surface area contributed by atoms with E-state index in [9.17, 15) is 0 Å². The first-order valence-electron chi connectivity index (χ1n) is 6.13. The lowest BCUT2D eigenvalue weighted by molar-refractivity contribution is -0.0106. The van der Waals surface area contributed by atoms with E-state index in [4.69, 9.17) is 9.47 Å². The van der Waals surface area contributed by atoms with E-state index in [0.29, 0.717) is 12.5 Å². The summed E-state index contributed by atoms with van der Waals surface area (Å²) in [5.74, 6) is 0.674. The molecule has 1 aliphatic heterocycles. The van der Waals surface area contributed by atoms with Crippen LogP contribution in [0.4, 0.5) is 5.69 Å². The summed E-state index contributed by atoms with van der Waals surface area (Å²) in [5.41, 5.74) is 1.53. The number of para-hydroxylation sites is 1. The van der Waals surface area contributed by atoms with Gasteiger partial charge in [0.1, 0.15) is 0 Å². The van der Waals surface area contributed by atoms with Gasteiger partial charge in [-0.15, -0.1) is 11.3 Å². The van der Waals surface area contributed by atoms with Crippen LogP contribution in [0.2, 0.25) is 0 Å². The van der Waals surface area contributed by atoms with Gasteiger partial charge in [-0.05, 0) is 24.4 Å². The van der Waals surface area contributed by atoms with Crippen LogP contribution in [0.5, 0.6) is 0 Å². The van der Waals surface area contributed by atoms with Gasteiger partial charge in [0.15, 0.2) is 5.60 Å². The number of methoxy groups -OCH3 is 1. The lowest BCUT2D eigenvalue weighted by Crippen LogP contribution is -2.36. The van der Waals surface area contributed by atoms with Crippen molar-refractivity contribution in [1.82, 2.24) is 0 Å². The number of hydrogen-bond donors (Lipinski definition) is 0. The Morgan fingerprint density at radius 1 is 1.26 bits per heavy atom. The Balaban J connectivity index is 2.11. The minimum Gasteiger partial charge on any atom is -0.463 e. The minimum absolute atomic E-state index is 0.494. The molecule has 1 aliphatic rings. The number of rotatable bonds is 3. The Hall–Kier alpha value is -1.65. The van der Waals surface area contributed by atoms with Crippen molar-refractivity contribution in [3.8, 4) is 0 Å². The summed E-state index contributed by atoms with van der Waals surface area (Å²) >= 11 is 1.63. The van der Waals surface area contributed by atoms with Crippen molar-refractivity contribution in [3.63, 3.8) is 0 Å². The summed E-state index contributed by atoms with van der Waals surface area (Å²) < 4.78 is 11.5. The SMILES string of the molecule is COCC1(C)OC(c2cccs2)=Nc2ccccc21. The molecule has 4 heteroatoms. The maximum atomic E-state index is 6.12. The molecule has 0 bridgehead atoms. The lowest BCUT2D eigenvalue weighted by atomic mass is 9.93. The van der Waals surface area contributed by atoms with Crippen molar-refractivity contribution in [2.75, 3.05) is 13.7 Å². The van der Waals surface area contributed by atoms with E-state index in [-0.39, 0.29) is 0 Å². The third-order valence-corrected chi connectivity index (χ3v) is 4.03. The number of nitrogens with zero attached hydrogens (tertiary/aromatic N) is 1. The fourth-order valence-electron chi connectivity index (χ4n) is 2.31. The number of ether oxygens (including phenoxy) is 2. The Kier molecular flexibility index (Phi) is 3.12. The highest BCUT2D eigenvalue weighted by Crippen LogP contribution is 2.39. The highest BCUT2D eigenvalue weighted by Gasteiger charge is 2.36. The van der Waals surface area contributed by atoms with E-state index in [1.165, 1.54) is 0 Å². The summed E-state index contributed by atoms with van der Waals surface area (Å²) in [6.45, 7) is 2.53. The van der Waals surface area contributed by atoms with E-state index in [1.807, 2.05) is 48.7 Å². The predicted molar refractivity (Wildman–Crippen MR) is 77.3 cm³/mol. The topological polar surface area (TPSA) is 30.8 Å². The molecule has 0 saturated carbocycles. The van der Waals surface area contributed by atoms with Gasteiger partial charge in [-0.25, -0.2) is 4.99 Å². The van der Waals surface area contributed by atoms with Crippen LogP contribution < -0.4 is 0 Å². The number of thiophene rings is 1. The first kappa shape index (κ1) is 12.4. The van der Waals surface area contributed by atoms with Gasteiger partial charge in [0.05, 0.1) is 17.2 Å². The summed E-state index contributed by atoms with van der Waals surface area (Å²) in [5, 5.41) is 2.02. The molecule has 0 aliphatic carbocycles. The maximum absolute atomic E-state index is 6.12. The molecule has 2 aromatic rings. The zero-order chi connectivity index (χ0) is 13.3. The highest BCUT2D eigenvalue weighted by molar-refractivity contribution is 7.12. The molecule has 0 radical (unpaired) electrons. The van der Waals surface area contributed by atoms with E-state index in [0.717, 1.165) is 16.1 Å². The zero-order valence-electron chi connectivity index (χ0n) is 10.9. The van der Waals surface area contributed by atoms with Crippen molar-refractivity contribution < 1.29 is 9.47 Å². The van der Waals surface area contributed by atoms with Crippen LogP contribution in [0.15, 0.2) is 46.8 Å². The van der Waals surface area contributed by atoms with E-state index in [2.05, 4.69) is 4.99 Å². The van der Waals surface area contributed by atoms with Gasteiger partial charge in [-0.1, -0.05) is 24.3 Å². The fraction of sp³-hybridized carbons (Fsp3) is 0.267. The Morgan fingerprint density at radius 3 is 2.84 bits per heavy atom. The van der Waals surface area contributed by atoms with Crippen LogP contribution in [0.1, 0.15) is 17.4 Å². The number of aliphatic imine (C=N–C) groups is 1. The molecule has 1 aromatic heterocycles. The molecule has 0 fully saturated rings. The third-order valence-electron chi connectivity index (χ3n) is 3.17. The normalized spacial score (nSPS) is 21.5. The predicted octanol–water partition coefficient (Wildman–Crippen LogP) is 3.72. The van der Waals surface area contributed by atoms with Crippen molar-refractivity contribution in [2.24, 2.45) is 4.99 Å². The minimum atomic E-state index is -0.494. The van der Waals surface area contributed by atoms with Crippen LogP contribution in [-0.4, -0.2) is 19.6 Å². The molecule has 19 heavy (non-hydrogen) atoms. The standard InChI is InChI=1S/C15H15NO2S/c1-15(10-17-2)11-6-3-4-7-12(11)16-14(18-15)13-8-5-9-19-13/h3-9H,10H2,1-2H3. The van der Waals surface area contributed by atoms with Crippen molar-refractivity contribution in [3.05, 3.63) is 52.2 Å². The molecule has 1 aromatic carbocycles. The average Bonchev–Trinajstić information content (AvgIpc) is 2.93. The molecule has 0 spiro atoms. The first-order valence-corrected chi connectivity index (χ1v) is 7.01. The number of benzene rings is 1. The summed E-state index contributed by atoms with van der Waals surface area (Å²) in [7, 11) is 1.69. The second-order valence-corrected chi connectivity index (χ2v) is 5.63. The van der Waals surface area contributed by atoms with E-state index < -0.39 is 5.60 Å². The Bertz CT molecular complexity index is 606. The van der Waals surface area contributed by atoms with Crippen LogP contribution in [0.3, 0.4) is 0 Å². The molecular weight excluding hydrogens is 258 g/mol. The van der Waals surface area contributed by atoms with E-state index in [1.54, 1.807) is 18.4 Å². The Morgan fingerprint density at radius 2 is 2.11 bits per heavy atom. The second-order valence-electron chi connectivity index (χ2n) is 4.68. The molecule has 0 N–H and O–H groups in total. The van der Waals surface area contributed by atoms with Crippen molar-refractivity contribution in [2.45, 2.75) is 12.5 Å². The molecule has 1 unspecified atom stereocenters. The fourth-order valence-corrected chi connectivity index (χ4v) is 2.96. The molecule has 0 amide bonds. The molecule has 3 rings (SSSR count). The van der Waals surface area contributed by atoms with Gasteiger partial charge in [0.25, 0.3) is 0 Å². The maximum Gasteiger partial charge on any atom is 0.232 e. The molecule has 3 nitrogen and oxygen atoms in total. The van der Waals surface area contributed by atoms with Crippen molar-refractivity contribution >= 4 is 22.9 Å². The highest BCUT2D eigenvalue weighted by atomic mass is 32.1. The van der Waals surface area contributed by atoms with E-state index >= 15 is 0 Å². The van der Waals surface area contributed by atoms with Gasteiger partial charge in [-0.3, -0.25) is 0 Å². The molecule has 98 valence electrons. The van der Waals surface area contributed by atoms with Gasteiger partial charge < -0.3 is 9.47 Å². The van der Waals surface area contributed by atoms with Crippen molar-refractivity contribution in [1.29, 1.82) is 0 Å². The van der Waals surface area contributed by atoms with Crippen LogP contribution in [0.25, 0.3) is 0 Å². The van der Waals surface area contributed by atoms with Crippen LogP contribution >= 0.6 is 11.3 Å². The Labute approximate surface area is 116 Å². The first-order chi connectivity index (χ1) is 9.23. The summed E-state index contributed by atoms with van der Waals surface area (Å²) in [6.07, 6.45) is 0. The van der Waals surface area contributed by atoms with Crippen LogP contribution in [-0.2, 0) is 15.1 Å². The van der Waals surface area contributed by atoms with Gasteiger partial charge in [0.2, 0.25) is 5.90 Å². The molecule has 0 saturated heterocycles. The monoisotopic (exact) mass is 273 g/mol. The molecule has 2 heterocycles. The van der Waals surface area contributed by atoms with Gasteiger partial charge in [-0.2, -0.15) is 0 Å². The lowest BCUT2D eigenvalue weighted by Gasteiger charge is -2.34. The van der Waals surface area contributed by atoms with Gasteiger partial charge in [0, 0.05) is 12.7 Å². The number of hydrogen-bond acceptors (Lipinski definition) is 4. The molecule has 1 atom stereocenters. The van der Waals surface area contributed by atoms with Gasteiger partial charge >= 0.3 is 0 Å². The summed E-state index contributed by atoms with van der Waals surface area (Å²) in [6, 6.07) is 12.1. The number of fused-ring (bicyclic) bond motifs is 1. The smallest absolute Gasteiger partial charge is 0.232 e. The summed E-state index contributed by atoms with van der Waals surface area (Å²) in [4.78, 5) is 5.65. The second kappa shape index (κ2) is 4.79. The quantitative estimate of drug-likeness (QED) is 0.853. The molecular formula is C15H15NO2S. The van der Waals surface area contributed by atoms with Crippen LogP contribution in [0, 0.1) is 0 Å². The largest absolute Gasteiger partial charge is 0.463 e. The zero-order valence-corrected chi connectivity index (χ0v) is 11.7. The third kappa shape index (κ3) is 2.17. The average molecular weight is 273 g/mol.